The van der Waals surface area contributed by atoms with Crippen molar-refractivity contribution in [1.82, 2.24) is 10.3 Å². The summed E-state index contributed by atoms with van der Waals surface area (Å²) < 4.78 is 0. The monoisotopic (exact) mass is 232 g/mol. The molecule has 1 aliphatic carbocycles. The van der Waals surface area contributed by atoms with Gasteiger partial charge in [0.1, 0.15) is 0 Å². The zero-order valence-corrected chi connectivity index (χ0v) is 11.0. The molecule has 0 saturated heterocycles. The van der Waals surface area contributed by atoms with Gasteiger partial charge in [-0.15, -0.1) is 0 Å². The minimum absolute atomic E-state index is 0.418. The van der Waals surface area contributed by atoms with E-state index in [-0.39, 0.29) is 0 Å². The minimum atomic E-state index is 0.418. The summed E-state index contributed by atoms with van der Waals surface area (Å²) >= 11 is 0. The molecule has 2 rings (SSSR count). The van der Waals surface area contributed by atoms with E-state index < -0.39 is 0 Å². The van der Waals surface area contributed by atoms with E-state index in [1.807, 2.05) is 18.5 Å². The Balaban J connectivity index is 1.78. The molecule has 2 heteroatoms. The summed E-state index contributed by atoms with van der Waals surface area (Å²) in [5.41, 5.74) is 1.29. The molecule has 1 aromatic heterocycles. The Bertz CT molecular complexity index is 323. The third kappa shape index (κ3) is 3.81. The van der Waals surface area contributed by atoms with Crippen molar-refractivity contribution in [2.24, 2.45) is 11.8 Å². The molecule has 0 amide bonds. The molecular formula is C15H24N2. The van der Waals surface area contributed by atoms with Gasteiger partial charge in [0, 0.05) is 18.4 Å². The fraction of sp³-hybridized carbons (Fsp3) is 0.667. The molecular weight excluding hydrogens is 208 g/mol. The van der Waals surface area contributed by atoms with E-state index in [1.165, 1.54) is 31.2 Å². The predicted octanol–water partition coefficient (Wildman–Crippen LogP) is 3.56. The average molecular weight is 232 g/mol. The number of hydrogen-bond acceptors (Lipinski definition) is 2. The molecule has 0 aliphatic heterocycles. The Labute approximate surface area is 105 Å². The molecule has 2 nitrogen and oxygen atoms in total. The van der Waals surface area contributed by atoms with Crippen LogP contribution in [0, 0.1) is 11.8 Å². The van der Waals surface area contributed by atoms with Crippen LogP contribution in [0.2, 0.25) is 0 Å². The fourth-order valence-electron chi connectivity index (χ4n) is 2.84. The smallest absolute Gasteiger partial charge is 0.0315 e. The Kier molecular flexibility index (Phi) is 4.55. The summed E-state index contributed by atoms with van der Waals surface area (Å²) in [5, 5.41) is 3.65. The topological polar surface area (TPSA) is 24.9 Å². The van der Waals surface area contributed by atoms with Gasteiger partial charge in [-0.1, -0.05) is 25.8 Å². The molecule has 2 unspecified atom stereocenters. The molecule has 0 aromatic carbocycles. The van der Waals surface area contributed by atoms with Crippen LogP contribution in [0.1, 0.15) is 51.1 Å². The van der Waals surface area contributed by atoms with Crippen LogP contribution in [0.5, 0.6) is 0 Å². The second kappa shape index (κ2) is 6.15. The van der Waals surface area contributed by atoms with Crippen LogP contribution < -0.4 is 5.32 Å². The molecule has 1 aromatic rings. The van der Waals surface area contributed by atoms with E-state index in [0.717, 1.165) is 18.4 Å². The summed E-state index contributed by atoms with van der Waals surface area (Å²) in [6.45, 7) is 5.76. The van der Waals surface area contributed by atoms with Gasteiger partial charge in [-0.3, -0.25) is 4.98 Å². The second-order valence-electron chi connectivity index (χ2n) is 5.55. The first-order valence-corrected chi connectivity index (χ1v) is 6.89. The van der Waals surface area contributed by atoms with E-state index in [9.17, 15) is 0 Å². The standard InChI is InChI=1S/C15H24N2/c1-12-5-3-6-14(9-12)10-17-13(2)15-7-4-8-16-11-15/h4,7-8,11-14,17H,3,5-6,9-10H2,1-2H3/t12?,13-,14?/m0/s1. The lowest BCUT2D eigenvalue weighted by Crippen LogP contribution is -2.28. The maximum Gasteiger partial charge on any atom is 0.0315 e. The van der Waals surface area contributed by atoms with Crippen molar-refractivity contribution in [2.45, 2.75) is 45.6 Å². The third-order valence-electron chi connectivity index (χ3n) is 3.94. The number of hydrogen-bond donors (Lipinski definition) is 1. The van der Waals surface area contributed by atoms with Crippen molar-refractivity contribution in [3.63, 3.8) is 0 Å². The highest BCUT2D eigenvalue weighted by atomic mass is 14.9. The number of aromatic nitrogens is 1. The van der Waals surface area contributed by atoms with E-state index in [1.54, 1.807) is 0 Å². The van der Waals surface area contributed by atoms with E-state index in [2.05, 4.69) is 30.2 Å². The molecule has 1 aliphatic rings. The summed E-state index contributed by atoms with van der Waals surface area (Å²) in [6.07, 6.45) is 9.42. The van der Waals surface area contributed by atoms with Crippen molar-refractivity contribution < 1.29 is 0 Å². The van der Waals surface area contributed by atoms with Crippen LogP contribution in [0.25, 0.3) is 0 Å². The van der Waals surface area contributed by atoms with Crippen LogP contribution in [0.4, 0.5) is 0 Å². The molecule has 0 radical (unpaired) electrons. The summed E-state index contributed by atoms with van der Waals surface area (Å²) in [7, 11) is 0. The second-order valence-corrected chi connectivity index (χ2v) is 5.55. The van der Waals surface area contributed by atoms with Crippen LogP contribution in [0.15, 0.2) is 24.5 Å². The van der Waals surface area contributed by atoms with Crippen molar-refractivity contribution in [2.75, 3.05) is 6.54 Å². The zero-order valence-electron chi connectivity index (χ0n) is 11.0. The predicted molar refractivity (Wildman–Crippen MR) is 71.8 cm³/mol. The number of nitrogens with one attached hydrogen (secondary N) is 1. The van der Waals surface area contributed by atoms with E-state index in [0.29, 0.717) is 6.04 Å². The van der Waals surface area contributed by atoms with Crippen LogP contribution >= 0.6 is 0 Å². The first-order valence-electron chi connectivity index (χ1n) is 6.89. The Morgan fingerprint density at radius 3 is 3.06 bits per heavy atom. The van der Waals surface area contributed by atoms with Crippen LogP contribution in [-0.4, -0.2) is 11.5 Å². The quantitative estimate of drug-likeness (QED) is 0.858. The Morgan fingerprint density at radius 1 is 1.47 bits per heavy atom. The molecule has 3 atom stereocenters. The zero-order chi connectivity index (χ0) is 12.1. The Morgan fingerprint density at radius 2 is 2.35 bits per heavy atom. The van der Waals surface area contributed by atoms with Crippen molar-refractivity contribution in [1.29, 1.82) is 0 Å². The highest BCUT2D eigenvalue weighted by Gasteiger charge is 2.19. The number of nitrogens with zero attached hydrogens (tertiary/aromatic N) is 1. The largest absolute Gasteiger partial charge is 0.310 e. The van der Waals surface area contributed by atoms with Gasteiger partial charge < -0.3 is 5.32 Å². The molecule has 1 fully saturated rings. The summed E-state index contributed by atoms with van der Waals surface area (Å²) in [5.74, 6) is 1.79. The molecule has 0 bridgehead atoms. The fourth-order valence-corrected chi connectivity index (χ4v) is 2.84. The lowest BCUT2D eigenvalue weighted by Gasteiger charge is -2.28. The highest BCUT2D eigenvalue weighted by molar-refractivity contribution is 5.12. The summed E-state index contributed by atoms with van der Waals surface area (Å²) in [6, 6.07) is 4.57. The van der Waals surface area contributed by atoms with Gasteiger partial charge in [0.25, 0.3) is 0 Å². The van der Waals surface area contributed by atoms with Gasteiger partial charge in [-0.2, -0.15) is 0 Å². The van der Waals surface area contributed by atoms with Gasteiger partial charge in [0.15, 0.2) is 0 Å². The minimum Gasteiger partial charge on any atom is -0.310 e. The third-order valence-corrected chi connectivity index (χ3v) is 3.94. The van der Waals surface area contributed by atoms with E-state index >= 15 is 0 Å². The van der Waals surface area contributed by atoms with Gasteiger partial charge in [-0.05, 0) is 49.8 Å². The van der Waals surface area contributed by atoms with Gasteiger partial charge in [0.2, 0.25) is 0 Å². The molecule has 1 heterocycles. The van der Waals surface area contributed by atoms with Crippen molar-refractivity contribution >= 4 is 0 Å². The number of pyridine rings is 1. The van der Waals surface area contributed by atoms with Crippen LogP contribution in [0.3, 0.4) is 0 Å². The van der Waals surface area contributed by atoms with Gasteiger partial charge in [0.05, 0.1) is 0 Å². The molecule has 0 spiro atoms. The highest BCUT2D eigenvalue weighted by Crippen LogP contribution is 2.28. The van der Waals surface area contributed by atoms with Gasteiger partial charge >= 0.3 is 0 Å². The normalized spacial score (nSPS) is 26.7. The lowest BCUT2D eigenvalue weighted by molar-refractivity contribution is 0.268. The van der Waals surface area contributed by atoms with Gasteiger partial charge in [-0.25, -0.2) is 0 Å². The maximum atomic E-state index is 4.17. The summed E-state index contributed by atoms with van der Waals surface area (Å²) in [4.78, 5) is 4.17. The molecule has 17 heavy (non-hydrogen) atoms. The van der Waals surface area contributed by atoms with Crippen LogP contribution in [-0.2, 0) is 0 Å². The number of rotatable bonds is 4. The molecule has 1 saturated carbocycles. The SMILES string of the molecule is CC1CCCC(CN[C@@H](C)c2cccnc2)C1. The van der Waals surface area contributed by atoms with Crippen molar-refractivity contribution in [3.05, 3.63) is 30.1 Å². The average Bonchev–Trinajstić information content (AvgIpc) is 2.37. The first kappa shape index (κ1) is 12.6. The molecule has 94 valence electrons. The molecule has 1 N–H and O–H groups in total. The van der Waals surface area contributed by atoms with Crippen molar-refractivity contribution in [3.8, 4) is 0 Å². The lowest BCUT2D eigenvalue weighted by atomic mass is 9.82. The maximum absolute atomic E-state index is 4.17. The first-order chi connectivity index (χ1) is 8.25. The van der Waals surface area contributed by atoms with E-state index in [4.69, 9.17) is 0 Å². The Hall–Kier alpha value is -0.890.